The van der Waals surface area contributed by atoms with Crippen molar-refractivity contribution < 1.29 is 9.90 Å². The standard InChI is InChI=1S/C19H16BrNO2/c20-16-6-2-5-15-13-3-1-4-14(13)17(21-18(15)16)11-7-9-12(10-8-11)19(22)23/h1-3,5-10,13-14,17,21H,4H2,(H,22,23)/p-1/t13-,14-,17-/m1/s1. The molecule has 23 heavy (non-hydrogen) atoms. The molecule has 1 N–H and O–H groups in total. The maximum absolute atomic E-state index is 10.9. The lowest BCUT2D eigenvalue weighted by molar-refractivity contribution is -0.255. The summed E-state index contributed by atoms with van der Waals surface area (Å²) >= 11 is 3.64. The minimum Gasteiger partial charge on any atom is -0.545 e. The zero-order valence-corrected chi connectivity index (χ0v) is 13.9. The Balaban J connectivity index is 1.75. The molecule has 1 heterocycles. The number of anilines is 1. The number of aromatic carboxylic acids is 1. The SMILES string of the molecule is O=C([O-])c1ccc([C@H]2Nc3c(Br)cccc3[C@@H]3C=CC[C@@H]23)cc1. The summed E-state index contributed by atoms with van der Waals surface area (Å²) < 4.78 is 1.06. The fourth-order valence-corrected chi connectivity index (χ4v) is 4.24. The molecule has 2 aromatic carbocycles. The predicted octanol–water partition coefficient (Wildman–Crippen LogP) is 3.64. The number of rotatable bonds is 2. The lowest BCUT2D eigenvalue weighted by Crippen LogP contribution is -2.29. The van der Waals surface area contributed by atoms with E-state index in [-0.39, 0.29) is 11.6 Å². The van der Waals surface area contributed by atoms with E-state index in [1.54, 1.807) is 12.1 Å². The molecule has 0 aromatic heterocycles. The van der Waals surface area contributed by atoms with E-state index >= 15 is 0 Å². The summed E-state index contributed by atoms with van der Waals surface area (Å²) in [6.07, 6.45) is 5.56. The third-order valence-corrected chi connectivity index (χ3v) is 5.51. The lowest BCUT2D eigenvalue weighted by atomic mass is 9.77. The number of carbonyl (C=O) groups excluding carboxylic acids is 1. The maximum atomic E-state index is 10.9. The molecule has 4 heteroatoms. The van der Waals surface area contributed by atoms with Gasteiger partial charge in [0.1, 0.15) is 0 Å². The highest BCUT2D eigenvalue weighted by molar-refractivity contribution is 9.10. The predicted molar refractivity (Wildman–Crippen MR) is 91.3 cm³/mol. The lowest BCUT2D eigenvalue weighted by Gasteiger charge is -2.38. The fraction of sp³-hybridized carbons (Fsp3) is 0.211. The van der Waals surface area contributed by atoms with Crippen molar-refractivity contribution in [3.05, 3.63) is 75.8 Å². The topological polar surface area (TPSA) is 52.2 Å². The van der Waals surface area contributed by atoms with Crippen molar-refractivity contribution in [3.8, 4) is 0 Å². The Kier molecular flexibility index (Phi) is 3.49. The minimum absolute atomic E-state index is 0.164. The number of nitrogens with one attached hydrogen (secondary N) is 1. The van der Waals surface area contributed by atoms with E-state index < -0.39 is 5.97 Å². The Hall–Kier alpha value is -2.07. The van der Waals surface area contributed by atoms with Gasteiger partial charge in [-0.05, 0) is 51.0 Å². The van der Waals surface area contributed by atoms with Gasteiger partial charge in [0.25, 0.3) is 0 Å². The summed E-state index contributed by atoms with van der Waals surface area (Å²) in [5.41, 5.74) is 3.78. The van der Waals surface area contributed by atoms with E-state index in [1.165, 1.54) is 5.56 Å². The third kappa shape index (κ3) is 2.38. The molecule has 3 nitrogen and oxygen atoms in total. The van der Waals surface area contributed by atoms with Gasteiger partial charge in [-0.15, -0.1) is 0 Å². The van der Waals surface area contributed by atoms with E-state index in [9.17, 15) is 9.90 Å². The molecule has 0 amide bonds. The molecule has 2 aliphatic rings. The molecule has 0 unspecified atom stereocenters. The van der Waals surface area contributed by atoms with Gasteiger partial charge in [-0.1, -0.05) is 48.6 Å². The van der Waals surface area contributed by atoms with Crippen molar-refractivity contribution in [1.82, 2.24) is 0 Å². The van der Waals surface area contributed by atoms with Crippen LogP contribution in [0.1, 0.15) is 39.9 Å². The highest BCUT2D eigenvalue weighted by Crippen LogP contribution is 2.51. The maximum Gasteiger partial charge on any atom is 0.0715 e. The fourth-order valence-electron chi connectivity index (χ4n) is 3.74. The second kappa shape index (κ2) is 5.53. The van der Waals surface area contributed by atoms with Gasteiger partial charge in [0.15, 0.2) is 0 Å². The Bertz CT molecular complexity index is 798. The van der Waals surface area contributed by atoms with Crippen LogP contribution in [-0.2, 0) is 0 Å². The van der Waals surface area contributed by atoms with Gasteiger partial charge in [-0.25, -0.2) is 0 Å². The number of carboxylic acid groups (broad SMARTS) is 1. The number of hydrogen-bond acceptors (Lipinski definition) is 3. The van der Waals surface area contributed by atoms with Gasteiger partial charge in [-0.2, -0.15) is 0 Å². The molecule has 0 saturated carbocycles. The van der Waals surface area contributed by atoms with Crippen molar-refractivity contribution >= 4 is 27.6 Å². The Morgan fingerprint density at radius 3 is 2.70 bits per heavy atom. The van der Waals surface area contributed by atoms with Crippen LogP contribution in [-0.4, -0.2) is 5.97 Å². The van der Waals surface area contributed by atoms with E-state index in [4.69, 9.17) is 0 Å². The number of hydrogen-bond donors (Lipinski definition) is 1. The van der Waals surface area contributed by atoms with Crippen LogP contribution in [0.5, 0.6) is 0 Å². The van der Waals surface area contributed by atoms with E-state index in [0.29, 0.717) is 11.8 Å². The molecular weight excluding hydrogens is 354 g/mol. The number of halogens is 1. The Morgan fingerprint density at radius 1 is 1.17 bits per heavy atom. The summed E-state index contributed by atoms with van der Waals surface area (Å²) in [7, 11) is 0. The molecule has 0 spiro atoms. The molecule has 0 fully saturated rings. The van der Waals surface area contributed by atoms with Crippen molar-refractivity contribution in [2.75, 3.05) is 5.32 Å². The second-order valence-electron chi connectivity index (χ2n) is 6.09. The molecule has 1 aliphatic carbocycles. The smallest absolute Gasteiger partial charge is 0.0715 e. The summed E-state index contributed by atoms with van der Waals surface area (Å²) in [6, 6.07) is 13.5. The van der Waals surface area contributed by atoms with Crippen LogP contribution in [0.15, 0.2) is 59.1 Å². The van der Waals surface area contributed by atoms with E-state index in [1.807, 2.05) is 18.2 Å². The average molecular weight is 369 g/mol. The largest absolute Gasteiger partial charge is 0.545 e. The molecule has 4 rings (SSSR count). The highest BCUT2D eigenvalue weighted by Gasteiger charge is 2.38. The molecule has 1 aliphatic heterocycles. The molecular formula is C19H15BrNO2-. The van der Waals surface area contributed by atoms with Crippen molar-refractivity contribution in [2.45, 2.75) is 18.4 Å². The number of para-hydroxylation sites is 1. The molecule has 0 saturated heterocycles. The zero-order chi connectivity index (χ0) is 16.0. The number of carbonyl (C=O) groups is 1. The van der Waals surface area contributed by atoms with Gasteiger partial charge < -0.3 is 15.2 Å². The highest BCUT2D eigenvalue weighted by atomic mass is 79.9. The van der Waals surface area contributed by atoms with Crippen LogP contribution in [0, 0.1) is 5.92 Å². The normalized spacial score (nSPS) is 24.7. The summed E-state index contributed by atoms with van der Waals surface area (Å²) in [5.74, 6) is -0.290. The quantitative estimate of drug-likeness (QED) is 0.823. The van der Waals surface area contributed by atoms with E-state index in [0.717, 1.165) is 22.1 Å². The van der Waals surface area contributed by atoms with Crippen LogP contribution < -0.4 is 10.4 Å². The van der Waals surface area contributed by atoms with Crippen LogP contribution in [0.25, 0.3) is 0 Å². The first-order chi connectivity index (χ1) is 11.1. The third-order valence-electron chi connectivity index (χ3n) is 4.85. The van der Waals surface area contributed by atoms with Gasteiger partial charge in [0.2, 0.25) is 0 Å². The minimum atomic E-state index is -1.14. The Labute approximate surface area is 143 Å². The molecule has 0 radical (unpaired) electrons. The zero-order valence-electron chi connectivity index (χ0n) is 12.3. The summed E-state index contributed by atoms with van der Waals surface area (Å²) in [6.45, 7) is 0. The van der Waals surface area contributed by atoms with E-state index in [2.05, 4.69) is 45.5 Å². The number of benzene rings is 2. The first-order valence-corrected chi connectivity index (χ1v) is 8.47. The first-order valence-electron chi connectivity index (χ1n) is 7.68. The second-order valence-corrected chi connectivity index (χ2v) is 6.94. The van der Waals surface area contributed by atoms with Crippen molar-refractivity contribution in [1.29, 1.82) is 0 Å². The monoisotopic (exact) mass is 368 g/mol. The van der Waals surface area contributed by atoms with Crippen LogP contribution >= 0.6 is 15.9 Å². The Morgan fingerprint density at radius 2 is 1.96 bits per heavy atom. The number of fused-ring (bicyclic) bond motifs is 3. The van der Waals surface area contributed by atoms with Crippen molar-refractivity contribution in [3.63, 3.8) is 0 Å². The van der Waals surface area contributed by atoms with Gasteiger partial charge in [0.05, 0.1) is 17.7 Å². The van der Waals surface area contributed by atoms with Crippen LogP contribution in [0.2, 0.25) is 0 Å². The molecule has 116 valence electrons. The summed E-state index contributed by atoms with van der Waals surface area (Å²) in [5, 5.41) is 14.6. The first kappa shape index (κ1) is 14.5. The van der Waals surface area contributed by atoms with Crippen molar-refractivity contribution in [2.24, 2.45) is 5.92 Å². The van der Waals surface area contributed by atoms with Gasteiger partial charge >= 0.3 is 0 Å². The average Bonchev–Trinajstić information content (AvgIpc) is 3.04. The summed E-state index contributed by atoms with van der Waals surface area (Å²) in [4.78, 5) is 10.9. The van der Waals surface area contributed by atoms with Gasteiger partial charge in [-0.3, -0.25) is 0 Å². The van der Waals surface area contributed by atoms with Gasteiger partial charge in [0, 0.05) is 10.4 Å². The van der Waals surface area contributed by atoms with Crippen LogP contribution in [0.4, 0.5) is 5.69 Å². The molecule has 2 aromatic rings. The number of allylic oxidation sites excluding steroid dienone is 2. The number of carboxylic acids is 1. The molecule has 0 bridgehead atoms. The van der Waals surface area contributed by atoms with Crippen LogP contribution in [0.3, 0.4) is 0 Å². The molecule has 3 atom stereocenters.